The molecule has 1 fully saturated rings. The third-order valence-corrected chi connectivity index (χ3v) is 6.59. The first kappa shape index (κ1) is 20.6. The number of carbonyl (C=O) groups is 1. The maximum atomic E-state index is 12.6. The molecular formula is C22H27NO4S. The highest BCUT2D eigenvalue weighted by atomic mass is 32.2. The number of nitrogens with one attached hydrogen (secondary N) is 1. The van der Waals surface area contributed by atoms with Crippen molar-refractivity contribution in [1.29, 1.82) is 0 Å². The van der Waals surface area contributed by atoms with Crippen LogP contribution in [0.5, 0.6) is 0 Å². The minimum Gasteiger partial charge on any atom is -0.481 e. The van der Waals surface area contributed by atoms with E-state index in [1.54, 1.807) is 6.08 Å². The van der Waals surface area contributed by atoms with Crippen LogP contribution in [0.1, 0.15) is 37.7 Å². The van der Waals surface area contributed by atoms with Crippen LogP contribution in [0.15, 0.2) is 60.0 Å². The van der Waals surface area contributed by atoms with Gasteiger partial charge in [0.1, 0.15) is 0 Å². The standard InChI is InChI=1S/C22H27NO4S/c24-21(25)11-7-2-1-6-10-20-18-12-13-19(16-18)22(20)23-28(26,27)15-14-17-8-4-3-5-9-17/h1,3-6,8-9,12-15,18-20,22-23H,2,7,10-11,16H2,(H,24,25). The van der Waals surface area contributed by atoms with Gasteiger partial charge in [-0.3, -0.25) is 4.79 Å². The molecule has 0 heterocycles. The van der Waals surface area contributed by atoms with Gasteiger partial charge in [0.25, 0.3) is 0 Å². The summed E-state index contributed by atoms with van der Waals surface area (Å²) >= 11 is 0. The van der Waals surface area contributed by atoms with Gasteiger partial charge in [-0.05, 0) is 55.1 Å². The minimum atomic E-state index is -3.52. The highest BCUT2D eigenvalue weighted by molar-refractivity contribution is 7.92. The molecule has 4 atom stereocenters. The topological polar surface area (TPSA) is 83.5 Å². The molecule has 1 saturated carbocycles. The average Bonchev–Trinajstić information content (AvgIpc) is 3.26. The van der Waals surface area contributed by atoms with Crippen LogP contribution in [0, 0.1) is 17.8 Å². The number of aliphatic carboxylic acids is 1. The van der Waals surface area contributed by atoms with Crippen molar-refractivity contribution in [3.8, 4) is 0 Å². The monoisotopic (exact) mass is 401 g/mol. The summed E-state index contributed by atoms with van der Waals surface area (Å²) in [6, 6.07) is 9.28. The number of fused-ring (bicyclic) bond motifs is 2. The molecule has 2 aliphatic carbocycles. The number of sulfonamides is 1. The normalized spacial score (nSPS) is 26.6. The van der Waals surface area contributed by atoms with Crippen LogP contribution in [0.3, 0.4) is 0 Å². The minimum absolute atomic E-state index is 0.0934. The summed E-state index contributed by atoms with van der Waals surface area (Å²) in [6.07, 6.45) is 13.4. The SMILES string of the molecule is O=C(O)CCCC=CCC1C2C=CC(C2)C1NS(=O)(=O)C=Cc1ccccc1. The van der Waals surface area contributed by atoms with Crippen molar-refractivity contribution < 1.29 is 18.3 Å². The van der Waals surface area contributed by atoms with Crippen molar-refractivity contribution in [2.45, 2.75) is 38.1 Å². The Bertz CT molecular complexity index is 858. The molecule has 5 nitrogen and oxygen atoms in total. The van der Waals surface area contributed by atoms with Gasteiger partial charge < -0.3 is 5.11 Å². The largest absolute Gasteiger partial charge is 0.481 e. The lowest BCUT2D eigenvalue weighted by Gasteiger charge is -2.27. The molecule has 1 aromatic carbocycles. The lowest BCUT2D eigenvalue weighted by molar-refractivity contribution is -0.137. The molecule has 0 radical (unpaired) electrons. The summed E-state index contributed by atoms with van der Waals surface area (Å²) in [5, 5.41) is 9.92. The summed E-state index contributed by atoms with van der Waals surface area (Å²) in [5.41, 5.74) is 0.849. The fourth-order valence-electron chi connectivity index (χ4n) is 4.12. The molecule has 0 aliphatic heterocycles. The number of rotatable bonds is 10. The molecule has 150 valence electrons. The van der Waals surface area contributed by atoms with Crippen molar-refractivity contribution in [2.24, 2.45) is 17.8 Å². The highest BCUT2D eigenvalue weighted by Gasteiger charge is 2.44. The van der Waals surface area contributed by atoms with E-state index in [4.69, 9.17) is 5.11 Å². The fraction of sp³-hybridized carbons (Fsp3) is 0.409. The molecule has 2 bridgehead atoms. The van der Waals surface area contributed by atoms with Crippen molar-refractivity contribution in [2.75, 3.05) is 0 Å². The molecule has 4 unspecified atom stereocenters. The second kappa shape index (κ2) is 9.34. The van der Waals surface area contributed by atoms with Gasteiger partial charge >= 0.3 is 5.97 Å². The summed E-state index contributed by atoms with van der Waals surface area (Å²) < 4.78 is 28.0. The Balaban J connectivity index is 1.58. The number of unbranched alkanes of at least 4 members (excludes halogenated alkanes) is 1. The first-order valence-corrected chi connectivity index (χ1v) is 11.3. The molecule has 2 N–H and O–H groups in total. The Hall–Kier alpha value is -2.18. The average molecular weight is 402 g/mol. The quantitative estimate of drug-likeness (QED) is 0.459. The summed E-state index contributed by atoms with van der Waals surface area (Å²) in [4.78, 5) is 10.5. The van der Waals surface area contributed by atoms with E-state index in [-0.39, 0.29) is 24.3 Å². The van der Waals surface area contributed by atoms with Gasteiger partial charge in [0.15, 0.2) is 0 Å². The summed E-state index contributed by atoms with van der Waals surface area (Å²) in [5.74, 6) is 0.116. The van der Waals surface area contributed by atoms with Crippen LogP contribution in [-0.4, -0.2) is 25.5 Å². The third kappa shape index (κ3) is 5.66. The second-order valence-corrected chi connectivity index (χ2v) is 9.11. The van der Waals surface area contributed by atoms with E-state index >= 15 is 0 Å². The number of carboxylic acids is 1. The van der Waals surface area contributed by atoms with E-state index in [2.05, 4.69) is 23.0 Å². The lowest BCUT2D eigenvalue weighted by atomic mass is 9.86. The maximum absolute atomic E-state index is 12.6. The summed E-state index contributed by atoms with van der Waals surface area (Å²) in [6.45, 7) is 0. The predicted molar refractivity (Wildman–Crippen MR) is 111 cm³/mol. The highest BCUT2D eigenvalue weighted by Crippen LogP contribution is 2.45. The van der Waals surface area contributed by atoms with Crippen LogP contribution in [0.4, 0.5) is 0 Å². The molecule has 28 heavy (non-hydrogen) atoms. The van der Waals surface area contributed by atoms with Crippen LogP contribution in [0.25, 0.3) is 6.08 Å². The van der Waals surface area contributed by atoms with Crippen molar-refractivity contribution in [1.82, 2.24) is 4.72 Å². The number of hydrogen-bond donors (Lipinski definition) is 2. The Kier molecular flexibility index (Phi) is 6.86. The van der Waals surface area contributed by atoms with E-state index < -0.39 is 16.0 Å². The maximum Gasteiger partial charge on any atom is 0.303 e. The van der Waals surface area contributed by atoms with Gasteiger partial charge in [-0.1, -0.05) is 54.6 Å². The second-order valence-electron chi connectivity index (χ2n) is 7.51. The van der Waals surface area contributed by atoms with Crippen LogP contribution in [0.2, 0.25) is 0 Å². The van der Waals surface area contributed by atoms with Gasteiger partial charge in [0, 0.05) is 17.9 Å². The van der Waals surface area contributed by atoms with E-state index in [9.17, 15) is 13.2 Å². The number of carboxylic acid groups (broad SMARTS) is 1. The number of benzene rings is 1. The van der Waals surface area contributed by atoms with Crippen LogP contribution >= 0.6 is 0 Å². The van der Waals surface area contributed by atoms with E-state index in [0.29, 0.717) is 12.3 Å². The third-order valence-electron chi connectivity index (χ3n) is 5.50. The molecule has 1 aromatic rings. The van der Waals surface area contributed by atoms with Gasteiger partial charge in [-0.15, -0.1) is 0 Å². The fourth-order valence-corrected chi connectivity index (χ4v) is 5.27. The smallest absolute Gasteiger partial charge is 0.303 e. The molecule has 2 aliphatic rings. The zero-order chi connectivity index (χ0) is 20.0. The molecule has 6 heteroatoms. The van der Waals surface area contributed by atoms with E-state index in [0.717, 1.165) is 24.8 Å². The first-order chi connectivity index (χ1) is 13.4. The van der Waals surface area contributed by atoms with Crippen LogP contribution < -0.4 is 4.72 Å². The van der Waals surface area contributed by atoms with Gasteiger partial charge in [-0.2, -0.15) is 0 Å². The molecule has 0 spiro atoms. The van der Waals surface area contributed by atoms with Crippen molar-refractivity contribution >= 4 is 22.1 Å². The molecular weight excluding hydrogens is 374 g/mol. The number of hydrogen-bond acceptors (Lipinski definition) is 3. The van der Waals surface area contributed by atoms with Gasteiger partial charge in [0.2, 0.25) is 10.0 Å². The Morgan fingerprint density at radius 2 is 1.89 bits per heavy atom. The van der Waals surface area contributed by atoms with E-state index in [1.165, 1.54) is 5.41 Å². The molecule has 0 saturated heterocycles. The molecule has 0 amide bonds. The predicted octanol–water partition coefficient (Wildman–Crippen LogP) is 3.97. The van der Waals surface area contributed by atoms with E-state index in [1.807, 2.05) is 36.4 Å². The Labute approximate surface area is 166 Å². The molecule has 0 aromatic heterocycles. The summed E-state index contributed by atoms with van der Waals surface area (Å²) in [7, 11) is -3.52. The zero-order valence-electron chi connectivity index (χ0n) is 15.8. The Morgan fingerprint density at radius 1 is 1.14 bits per heavy atom. The lowest BCUT2D eigenvalue weighted by Crippen LogP contribution is -2.41. The zero-order valence-corrected chi connectivity index (χ0v) is 16.6. The van der Waals surface area contributed by atoms with Crippen molar-refractivity contribution in [3.63, 3.8) is 0 Å². The first-order valence-electron chi connectivity index (χ1n) is 9.75. The van der Waals surface area contributed by atoms with Crippen molar-refractivity contribution in [3.05, 3.63) is 65.6 Å². The number of allylic oxidation sites excluding steroid dienone is 3. The molecule has 3 rings (SSSR count). The van der Waals surface area contributed by atoms with Gasteiger partial charge in [-0.25, -0.2) is 13.1 Å². The van der Waals surface area contributed by atoms with Crippen LogP contribution in [-0.2, 0) is 14.8 Å². The Morgan fingerprint density at radius 3 is 2.64 bits per heavy atom. The van der Waals surface area contributed by atoms with Gasteiger partial charge in [0.05, 0.1) is 0 Å².